The fraction of sp³-hybridized carbons (Fsp3) is 0.350. The van der Waals surface area contributed by atoms with Crippen LogP contribution in [0.1, 0.15) is 39.0 Å². The van der Waals surface area contributed by atoms with Gasteiger partial charge in [0.1, 0.15) is 5.76 Å². The molecule has 3 heteroatoms. The topological polar surface area (TPSA) is 42.2 Å². The van der Waals surface area contributed by atoms with Crippen molar-refractivity contribution in [2.75, 3.05) is 0 Å². The maximum Gasteiger partial charge on any atom is 0.252 e. The molecule has 0 bridgehead atoms. The van der Waals surface area contributed by atoms with Crippen molar-refractivity contribution < 1.29 is 9.21 Å². The molecule has 23 heavy (non-hydrogen) atoms. The summed E-state index contributed by atoms with van der Waals surface area (Å²) in [5.74, 6) is 1.35. The molecule has 0 atom stereocenters. The number of nitrogens with one attached hydrogen (secondary N) is 1. The van der Waals surface area contributed by atoms with Gasteiger partial charge in [0.05, 0.1) is 11.8 Å². The lowest BCUT2D eigenvalue weighted by Crippen LogP contribution is -2.42. The van der Waals surface area contributed by atoms with Crippen LogP contribution in [0.4, 0.5) is 0 Å². The van der Waals surface area contributed by atoms with Crippen LogP contribution in [-0.4, -0.2) is 11.9 Å². The van der Waals surface area contributed by atoms with Crippen LogP contribution >= 0.6 is 0 Å². The maximum atomic E-state index is 12.9. The normalized spacial score (nSPS) is 12.2. The predicted molar refractivity (Wildman–Crippen MR) is 94.6 cm³/mol. The molecular weight excluding hydrogens is 286 g/mol. The van der Waals surface area contributed by atoms with Gasteiger partial charge < -0.3 is 9.73 Å². The van der Waals surface area contributed by atoms with Crippen molar-refractivity contribution in [3.63, 3.8) is 0 Å². The van der Waals surface area contributed by atoms with Crippen LogP contribution in [0.3, 0.4) is 0 Å². The second-order valence-corrected chi connectivity index (χ2v) is 6.43. The number of benzene rings is 1. The molecule has 0 aliphatic heterocycles. The summed E-state index contributed by atoms with van der Waals surface area (Å²) in [6, 6.07) is 13.5. The molecule has 0 saturated carbocycles. The summed E-state index contributed by atoms with van der Waals surface area (Å²) >= 11 is 0. The first-order chi connectivity index (χ1) is 11.0. The minimum Gasteiger partial charge on any atom is -0.465 e. The molecule has 0 saturated heterocycles. The highest BCUT2D eigenvalue weighted by atomic mass is 16.3. The fourth-order valence-corrected chi connectivity index (χ4v) is 2.75. The zero-order valence-electron chi connectivity index (χ0n) is 14.2. The third kappa shape index (κ3) is 4.59. The van der Waals surface area contributed by atoms with E-state index in [2.05, 4.69) is 33.0 Å². The molecule has 1 amide bonds. The van der Waals surface area contributed by atoms with Crippen molar-refractivity contribution in [1.82, 2.24) is 5.32 Å². The Morgan fingerprint density at radius 2 is 1.65 bits per heavy atom. The van der Waals surface area contributed by atoms with Gasteiger partial charge in [-0.15, -0.1) is 0 Å². The molecule has 0 radical (unpaired) electrons. The van der Waals surface area contributed by atoms with E-state index in [1.165, 1.54) is 0 Å². The van der Waals surface area contributed by atoms with E-state index in [9.17, 15) is 4.79 Å². The van der Waals surface area contributed by atoms with E-state index in [-0.39, 0.29) is 11.9 Å². The Balaban J connectivity index is 2.32. The van der Waals surface area contributed by atoms with E-state index in [4.69, 9.17) is 4.42 Å². The highest BCUT2D eigenvalue weighted by molar-refractivity contribution is 6.24. The van der Waals surface area contributed by atoms with Gasteiger partial charge in [0.2, 0.25) is 0 Å². The van der Waals surface area contributed by atoms with Crippen molar-refractivity contribution in [1.29, 1.82) is 0 Å². The number of furan rings is 1. The highest BCUT2D eigenvalue weighted by Crippen LogP contribution is 2.21. The summed E-state index contributed by atoms with van der Waals surface area (Å²) in [5, 5.41) is 3.18. The van der Waals surface area contributed by atoms with E-state index in [0.717, 1.165) is 5.56 Å². The first-order valence-corrected chi connectivity index (χ1v) is 8.10. The molecule has 0 unspecified atom stereocenters. The lowest BCUT2D eigenvalue weighted by molar-refractivity contribution is -0.116. The van der Waals surface area contributed by atoms with Crippen molar-refractivity contribution >= 4 is 17.6 Å². The minimum atomic E-state index is -0.0694. The quantitative estimate of drug-likeness (QED) is 0.791. The summed E-state index contributed by atoms with van der Waals surface area (Å²) < 4.78 is 5.38. The van der Waals surface area contributed by atoms with Gasteiger partial charge in [-0.25, -0.2) is 0 Å². The summed E-state index contributed by atoms with van der Waals surface area (Å²) in [4.78, 5) is 12.9. The van der Waals surface area contributed by atoms with E-state index >= 15 is 0 Å². The van der Waals surface area contributed by atoms with Gasteiger partial charge in [-0.2, -0.15) is 0 Å². The van der Waals surface area contributed by atoms with Gasteiger partial charge >= 0.3 is 0 Å². The van der Waals surface area contributed by atoms with Crippen LogP contribution in [0.5, 0.6) is 0 Å². The van der Waals surface area contributed by atoms with Gasteiger partial charge in [-0.05, 0) is 35.6 Å². The maximum absolute atomic E-state index is 12.9. The molecule has 0 aliphatic carbocycles. The molecule has 1 aromatic heterocycles. The number of rotatable bonds is 6. The molecule has 0 fully saturated rings. The summed E-state index contributed by atoms with van der Waals surface area (Å²) in [5.41, 5.74) is 1.50. The number of hydrogen-bond acceptors (Lipinski definition) is 2. The van der Waals surface area contributed by atoms with Crippen LogP contribution in [-0.2, 0) is 4.79 Å². The molecule has 0 aliphatic rings. The van der Waals surface area contributed by atoms with Gasteiger partial charge in [0, 0.05) is 6.04 Å². The average Bonchev–Trinajstić information content (AvgIpc) is 3.03. The van der Waals surface area contributed by atoms with E-state index in [1.807, 2.05) is 42.5 Å². The van der Waals surface area contributed by atoms with E-state index in [0.29, 0.717) is 23.2 Å². The van der Waals surface area contributed by atoms with Crippen molar-refractivity contribution in [3.05, 3.63) is 60.1 Å². The third-order valence-corrected chi connectivity index (χ3v) is 3.89. The number of carbonyl (C=O) groups is 1. The highest BCUT2D eigenvalue weighted by Gasteiger charge is 2.22. The monoisotopic (exact) mass is 311 g/mol. The molecule has 1 N–H and O–H groups in total. The van der Waals surface area contributed by atoms with Crippen LogP contribution in [0.25, 0.3) is 11.6 Å². The molecule has 2 rings (SSSR count). The van der Waals surface area contributed by atoms with Crippen LogP contribution in [0, 0.1) is 11.8 Å². The molecule has 1 aromatic carbocycles. The van der Waals surface area contributed by atoms with E-state index < -0.39 is 0 Å². The molecule has 3 nitrogen and oxygen atoms in total. The zero-order chi connectivity index (χ0) is 16.8. The number of hydrogen-bond donors (Lipinski definition) is 1. The first-order valence-electron chi connectivity index (χ1n) is 8.10. The van der Waals surface area contributed by atoms with Crippen LogP contribution in [0.15, 0.2) is 53.1 Å². The fourth-order valence-electron chi connectivity index (χ4n) is 2.75. The average molecular weight is 311 g/mol. The summed E-state index contributed by atoms with van der Waals surface area (Å²) in [6.07, 6.45) is 3.40. The number of carbonyl (C=O) groups excluding carboxylic acids is 1. The largest absolute Gasteiger partial charge is 0.465 e. The molecule has 0 spiro atoms. The van der Waals surface area contributed by atoms with Crippen molar-refractivity contribution in [2.45, 2.75) is 33.7 Å². The summed E-state index contributed by atoms with van der Waals surface area (Å²) in [7, 11) is 0. The predicted octanol–water partition coefficient (Wildman–Crippen LogP) is 4.62. The Hall–Kier alpha value is -2.29. The van der Waals surface area contributed by atoms with Gasteiger partial charge in [-0.1, -0.05) is 58.0 Å². The Bertz CT molecular complexity index is 632. The lowest BCUT2D eigenvalue weighted by atomic mass is 9.92. The second-order valence-electron chi connectivity index (χ2n) is 6.43. The Morgan fingerprint density at radius 3 is 2.17 bits per heavy atom. The second kappa shape index (κ2) is 7.82. The first kappa shape index (κ1) is 17.1. The Morgan fingerprint density at radius 1 is 1.00 bits per heavy atom. The molecular formula is C20H25NO2. The molecule has 122 valence electrons. The standard InChI is InChI=1S/C20H25NO2/c1-14(2)19(15(3)4)21-20(22)18(13-17-11-8-12-23-17)16-9-6-5-7-10-16/h5-15,19H,1-4H3,(H,21,22)/b18-13+. The smallest absolute Gasteiger partial charge is 0.252 e. The zero-order valence-corrected chi connectivity index (χ0v) is 14.2. The molecule has 1 heterocycles. The van der Waals surface area contributed by atoms with E-state index in [1.54, 1.807) is 12.3 Å². The van der Waals surface area contributed by atoms with Crippen molar-refractivity contribution in [3.8, 4) is 0 Å². The summed E-state index contributed by atoms with van der Waals surface area (Å²) in [6.45, 7) is 8.51. The lowest BCUT2D eigenvalue weighted by Gasteiger charge is -2.26. The van der Waals surface area contributed by atoms with Gasteiger partial charge in [0.15, 0.2) is 0 Å². The third-order valence-electron chi connectivity index (χ3n) is 3.89. The SMILES string of the molecule is CC(C)C(NC(=O)/C(=C/c1ccco1)c1ccccc1)C(C)C. The number of amides is 1. The van der Waals surface area contributed by atoms with Crippen LogP contribution in [0.2, 0.25) is 0 Å². The Kier molecular flexibility index (Phi) is 5.80. The Labute approximate surface area is 138 Å². The van der Waals surface area contributed by atoms with Crippen LogP contribution < -0.4 is 5.32 Å². The van der Waals surface area contributed by atoms with Crippen molar-refractivity contribution in [2.24, 2.45) is 11.8 Å². The van der Waals surface area contributed by atoms with Gasteiger partial charge in [-0.3, -0.25) is 4.79 Å². The molecule has 2 aromatic rings. The minimum absolute atomic E-state index is 0.0694. The van der Waals surface area contributed by atoms with Gasteiger partial charge in [0.25, 0.3) is 5.91 Å².